The van der Waals surface area contributed by atoms with E-state index in [0.29, 0.717) is 16.5 Å². The van der Waals surface area contributed by atoms with Crippen LogP contribution < -0.4 is 0 Å². The quantitative estimate of drug-likeness (QED) is 0.570. The summed E-state index contributed by atoms with van der Waals surface area (Å²) in [6, 6.07) is 4.93. The zero-order valence-corrected chi connectivity index (χ0v) is 12.2. The molecule has 0 aliphatic heterocycles. The Bertz CT molecular complexity index is 655. The number of rotatable bonds is 1. The van der Waals surface area contributed by atoms with E-state index < -0.39 is 0 Å². The summed E-state index contributed by atoms with van der Waals surface area (Å²) in [5, 5.41) is 0.550. The largest absolute Gasteiger partial charge is 0.233 e. The zero-order valence-electron chi connectivity index (χ0n) is 11.4. The monoisotopic (exact) mass is 290 g/mol. The van der Waals surface area contributed by atoms with Crippen LogP contribution in [-0.2, 0) is 12.8 Å². The molecule has 1 aromatic carbocycles. The summed E-state index contributed by atoms with van der Waals surface area (Å²) in [5.74, 6) is 0.383. The van der Waals surface area contributed by atoms with E-state index >= 15 is 0 Å². The Morgan fingerprint density at radius 1 is 1.10 bits per heavy atom. The highest BCUT2D eigenvalue weighted by Gasteiger charge is 2.16. The van der Waals surface area contributed by atoms with E-state index in [1.54, 1.807) is 19.1 Å². The zero-order chi connectivity index (χ0) is 14.1. The van der Waals surface area contributed by atoms with Crippen LogP contribution in [0.4, 0.5) is 4.39 Å². The van der Waals surface area contributed by atoms with Crippen molar-refractivity contribution in [2.75, 3.05) is 0 Å². The van der Waals surface area contributed by atoms with Crippen molar-refractivity contribution in [3.63, 3.8) is 0 Å². The van der Waals surface area contributed by atoms with Crippen LogP contribution in [0.1, 0.15) is 36.1 Å². The van der Waals surface area contributed by atoms with Gasteiger partial charge < -0.3 is 0 Å². The third-order valence-corrected chi connectivity index (χ3v) is 4.11. The van der Waals surface area contributed by atoms with Gasteiger partial charge in [-0.05, 0) is 56.4 Å². The van der Waals surface area contributed by atoms with Gasteiger partial charge in [0.2, 0.25) is 0 Å². The maximum absolute atomic E-state index is 13.4. The maximum atomic E-state index is 13.4. The molecule has 1 aliphatic carbocycles. The number of benzene rings is 1. The van der Waals surface area contributed by atoms with Gasteiger partial charge >= 0.3 is 0 Å². The van der Waals surface area contributed by atoms with E-state index in [1.807, 2.05) is 0 Å². The Kier molecular flexibility index (Phi) is 3.70. The molecule has 1 heterocycles. The minimum Gasteiger partial charge on any atom is -0.233 e. The summed E-state index contributed by atoms with van der Waals surface area (Å²) in [6.07, 6.45) is 5.40. The maximum Gasteiger partial charge on any atom is 0.161 e. The van der Waals surface area contributed by atoms with Crippen LogP contribution in [0.15, 0.2) is 18.2 Å². The van der Waals surface area contributed by atoms with Crippen LogP contribution in [0.3, 0.4) is 0 Å². The molecular formula is C16H16ClFN2. The fourth-order valence-electron chi connectivity index (χ4n) is 2.64. The van der Waals surface area contributed by atoms with Crippen LogP contribution in [0.25, 0.3) is 11.4 Å². The van der Waals surface area contributed by atoms with Crippen molar-refractivity contribution in [2.24, 2.45) is 0 Å². The Labute approximate surface area is 123 Å². The molecule has 2 nitrogen and oxygen atoms in total. The van der Waals surface area contributed by atoms with Crippen molar-refractivity contribution >= 4 is 11.6 Å². The average molecular weight is 291 g/mol. The SMILES string of the molecule is Cc1cc(-c2nc(Cl)c3c(n2)CCCCC3)ccc1F. The highest BCUT2D eigenvalue weighted by molar-refractivity contribution is 6.30. The van der Waals surface area contributed by atoms with Crippen molar-refractivity contribution in [2.45, 2.75) is 39.0 Å². The van der Waals surface area contributed by atoms with Gasteiger partial charge in [-0.15, -0.1) is 0 Å². The molecule has 0 amide bonds. The van der Waals surface area contributed by atoms with Gasteiger partial charge in [-0.1, -0.05) is 18.0 Å². The van der Waals surface area contributed by atoms with E-state index in [0.717, 1.165) is 42.5 Å². The van der Waals surface area contributed by atoms with E-state index in [1.165, 1.54) is 12.5 Å². The number of hydrogen-bond acceptors (Lipinski definition) is 2. The molecular weight excluding hydrogens is 275 g/mol. The fraction of sp³-hybridized carbons (Fsp3) is 0.375. The minimum absolute atomic E-state index is 0.213. The van der Waals surface area contributed by atoms with Crippen molar-refractivity contribution < 1.29 is 4.39 Å². The normalized spacial score (nSPS) is 14.8. The number of nitrogens with zero attached hydrogens (tertiary/aromatic N) is 2. The predicted octanol–water partition coefficient (Wildman–Crippen LogP) is 4.51. The van der Waals surface area contributed by atoms with Crippen LogP contribution >= 0.6 is 11.6 Å². The number of fused-ring (bicyclic) bond motifs is 1. The first-order chi connectivity index (χ1) is 9.65. The van der Waals surface area contributed by atoms with Crippen molar-refractivity contribution in [3.05, 3.63) is 46.0 Å². The molecule has 4 heteroatoms. The van der Waals surface area contributed by atoms with Crippen LogP contribution in [-0.4, -0.2) is 9.97 Å². The van der Waals surface area contributed by atoms with Gasteiger partial charge in [-0.2, -0.15) is 0 Å². The van der Waals surface area contributed by atoms with Crippen LogP contribution in [0.5, 0.6) is 0 Å². The lowest BCUT2D eigenvalue weighted by Crippen LogP contribution is -2.02. The number of aromatic nitrogens is 2. The second-order valence-corrected chi connectivity index (χ2v) is 5.65. The molecule has 0 atom stereocenters. The van der Waals surface area contributed by atoms with Gasteiger partial charge in [-0.25, -0.2) is 14.4 Å². The summed E-state index contributed by atoms with van der Waals surface area (Å²) in [4.78, 5) is 9.06. The smallest absolute Gasteiger partial charge is 0.161 e. The Balaban J connectivity index is 2.08. The lowest BCUT2D eigenvalue weighted by atomic mass is 10.1. The Morgan fingerprint density at radius 3 is 2.70 bits per heavy atom. The number of halogens is 2. The van der Waals surface area contributed by atoms with Crippen LogP contribution in [0.2, 0.25) is 5.15 Å². The van der Waals surface area contributed by atoms with E-state index in [-0.39, 0.29) is 5.82 Å². The number of aryl methyl sites for hydroxylation is 2. The molecule has 20 heavy (non-hydrogen) atoms. The second-order valence-electron chi connectivity index (χ2n) is 5.29. The van der Waals surface area contributed by atoms with Gasteiger partial charge in [0.15, 0.2) is 5.82 Å². The predicted molar refractivity (Wildman–Crippen MR) is 78.4 cm³/mol. The van der Waals surface area contributed by atoms with Gasteiger partial charge in [0, 0.05) is 16.8 Å². The van der Waals surface area contributed by atoms with Gasteiger partial charge in [-0.3, -0.25) is 0 Å². The summed E-state index contributed by atoms with van der Waals surface area (Å²) >= 11 is 6.32. The Hall–Kier alpha value is -1.48. The first kappa shape index (κ1) is 13.5. The summed E-state index contributed by atoms with van der Waals surface area (Å²) in [6.45, 7) is 1.74. The molecule has 0 N–H and O–H groups in total. The molecule has 0 spiro atoms. The molecule has 0 saturated heterocycles. The molecule has 0 unspecified atom stereocenters. The lowest BCUT2D eigenvalue weighted by molar-refractivity contribution is 0.618. The molecule has 0 fully saturated rings. The molecule has 3 rings (SSSR count). The van der Waals surface area contributed by atoms with E-state index in [9.17, 15) is 4.39 Å². The fourth-order valence-corrected chi connectivity index (χ4v) is 2.92. The minimum atomic E-state index is -0.213. The molecule has 2 aromatic rings. The number of hydrogen-bond donors (Lipinski definition) is 0. The van der Waals surface area contributed by atoms with Crippen molar-refractivity contribution in [1.82, 2.24) is 9.97 Å². The van der Waals surface area contributed by atoms with Gasteiger partial charge in [0.1, 0.15) is 11.0 Å². The molecule has 1 aromatic heterocycles. The molecule has 104 valence electrons. The summed E-state index contributed by atoms with van der Waals surface area (Å²) < 4.78 is 13.4. The third-order valence-electron chi connectivity index (χ3n) is 3.80. The summed E-state index contributed by atoms with van der Waals surface area (Å²) in [7, 11) is 0. The van der Waals surface area contributed by atoms with Crippen molar-refractivity contribution in [3.8, 4) is 11.4 Å². The molecule has 0 bridgehead atoms. The van der Waals surface area contributed by atoms with Gasteiger partial charge in [0.25, 0.3) is 0 Å². The first-order valence-corrected chi connectivity index (χ1v) is 7.35. The van der Waals surface area contributed by atoms with Crippen molar-refractivity contribution in [1.29, 1.82) is 0 Å². The Morgan fingerprint density at radius 2 is 1.90 bits per heavy atom. The topological polar surface area (TPSA) is 25.8 Å². The lowest BCUT2D eigenvalue weighted by Gasteiger charge is -2.10. The van der Waals surface area contributed by atoms with Crippen LogP contribution in [0, 0.1) is 12.7 Å². The van der Waals surface area contributed by atoms with E-state index in [4.69, 9.17) is 11.6 Å². The first-order valence-electron chi connectivity index (χ1n) is 6.97. The van der Waals surface area contributed by atoms with Gasteiger partial charge in [0.05, 0.1) is 0 Å². The highest BCUT2D eigenvalue weighted by Crippen LogP contribution is 2.28. The molecule has 0 saturated carbocycles. The molecule has 1 aliphatic rings. The summed E-state index contributed by atoms with van der Waals surface area (Å²) in [5.41, 5.74) is 3.56. The highest BCUT2D eigenvalue weighted by atomic mass is 35.5. The molecule has 0 radical (unpaired) electrons. The second kappa shape index (κ2) is 5.49. The third kappa shape index (κ3) is 2.55. The average Bonchev–Trinajstić information content (AvgIpc) is 2.67. The standard InChI is InChI=1S/C16H16ClFN2/c1-10-9-11(7-8-13(10)18)16-19-14-6-4-2-3-5-12(14)15(17)20-16/h7-9H,2-6H2,1H3. The van der Waals surface area contributed by atoms with E-state index in [2.05, 4.69) is 9.97 Å².